The summed E-state index contributed by atoms with van der Waals surface area (Å²) < 4.78 is 0. The van der Waals surface area contributed by atoms with Gasteiger partial charge in [-0.15, -0.1) is 0 Å². The first-order valence-electron chi connectivity index (χ1n) is 4.46. The second kappa shape index (κ2) is 6.44. The molecule has 1 amide bonds. The van der Waals surface area contributed by atoms with Gasteiger partial charge in [0, 0.05) is 13.6 Å². The normalized spacial score (nSPS) is 12.2. The molecule has 0 aliphatic rings. The number of nitrogens with zero attached hydrogens (tertiary/aromatic N) is 2. The van der Waals surface area contributed by atoms with Crippen LogP contribution in [0.15, 0.2) is 0 Å². The highest BCUT2D eigenvalue weighted by Gasteiger charge is 2.10. The molecule has 74 valence electrons. The number of nitriles is 1. The Morgan fingerprint density at radius 1 is 1.69 bits per heavy atom. The van der Waals surface area contributed by atoms with Crippen molar-refractivity contribution in [1.29, 1.82) is 5.26 Å². The molecule has 0 saturated heterocycles. The van der Waals surface area contributed by atoms with Crippen LogP contribution < -0.4 is 5.32 Å². The third-order valence-corrected chi connectivity index (χ3v) is 1.85. The largest absolute Gasteiger partial charge is 0.358 e. The number of carbonyl (C=O) groups is 1. The lowest BCUT2D eigenvalue weighted by Crippen LogP contribution is -2.37. The Bertz CT molecular complexity index is 198. The Hall–Kier alpha value is -1.08. The monoisotopic (exact) mass is 183 g/mol. The molecule has 1 atom stereocenters. The van der Waals surface area contributed by atoms with Gasteiger partial charge < -0.3 is 5.32 Å². The molecule has 4 nitrogen and oxygen atoms in total. The number of rotatable bonds is 5. The van der Waals surface area contributed by atoms with Crippen molar-refractivity contribution in [2.75, 3.05) is 26.7 Å². The van der Waals surface area contributed by atoms with Gasteiger partial charge >= 0.3 is 0 Å². The highest BCUT2D eigenvalue weighted by Crippen LogP contribution is 1.97. The van der Waals surface area contributed by atoms with E-state index in [1.807, 2.05) is 18.7 Å². The van der Waals surface area contributed by atoms with Crippen LogP contribution in [0.4, 0.5) is 0 Å². The van der Waals surface area contributed by atoms with E-state index >= 15 is 0 Å². The van der Waals surface area contributed by atoms with Crippen LogP contribution in [0.5, 0.6) is 0 Å². The Balaban J connectivity index is 3.90. The summed E-state index contributed by atoms with van der Waals surface area (Å²) in [6.45, 7) is 5.65. The SMILES string of the molecule is CCN(CC(=O)NC)CC(C)C#N. The fourth-order valence-corrected chi connectivity index (χ4v) is 1.02. The molecule has 0 heterocycles. The standard InChI is InChI=1S/C9H17N3O/c1-4-12(6-8(2)5-10)7-9(13)11-3/h8H,4,6-7H2,1-3H3,(H,11,13). The van der Waals surface area contributed by atoms with Gasteiger partial charge in [0.15, 0.2) is 0 Å². The number of nitrogens with one attached hydrogen (secondary N) is 1. The van der Waals surface area contributed by atoms with Gasteiger partial charge in [0.1, 0.15) is 0 Å². The first-order valence-corrected chi connectivity index (χ1v) is 4.46. The average Bonchev–Trinajstić information content (AvgIpc) is 2.16. The van der Waals surface area contributed by atoms with E-state index in [-0.39, 0.29) is 11.8 Å². The van der Waals surface area contributed by atoms with Crippen molar-refractivity contribution in [3.63, 3.8) is 0 Å². The van der Waals surface area contributed by atoms with E-state index < -0.39 is 0 Å². The lowest BCUT2D eigenvalue weighted by molar-refractivity contribution is -0.121. The lowest BCUT2D eigenvalue weighted by atomic mass is 10.2. The predicted octanol–water partition coefficient (Wildman–Crippen LogP) is 0.214. The van der Waals surface area contributed by atoms with Gasteiger partial charge in [-0.2, -0.15) is 5.26 Å². The summed E-state index contributed by atoms with van der Waals surface area (Å²) >= 11 is 0. The second-order valence-corrected chi connectivity index (χ2v) is 3.03. The van der Waals surface area contributed by atoms with E-state index in [0.717, 1.165) is 6.54 Å². The molecular formula is C9H17N3O. The average molecular weight is 183 g/mol. The van der Waals surface area contributed by atoms with Gasteiger partial charge in [0.2, 0.25) is 5.91 Å². The van der Waals surface area contributed by atoms with Crippen molar-refractivity contribution in [2.24, 2.45) is 5.92 Å². The molecule has 4 heteroatoms. The van der Waals surface area contributed by atoms with Crippen LogP contribution in [0, 0.1) is 17.2 Å². The van der Waals surface area contributed by atoms with Gasteiger partial charge in [0.05, 0.1) is 18.5 Å². The number of amides is 1. The first-order chi connectivity index (χ1) is 6.13. The Labute approximate surface area is 79.5 Å². The quantitative estimate of drug-likeness (QED) is 0.663. The summed E-state index contributed by atoms with van der Waals surface area (Å²) in [7, 11) is 1.61. The van der Waals surface area contributed by atoms with Crippen LogP contribution in [0.2, 0.25) is 0 Å². The molecule has 0 aromatic carbocycles. The Kier molecular flexibility index (Phi) is 5.90. The molecule has 0 aliphatic heterocycles. The van der Waals surface area contributed by atoms with Crippen LogP contribution in [-0.2, 0) is 4.79 Å². The van der Waals surface area contributed by atoms with Crippen molar-refractivity contribution >= 4 is 5.91 Å². The Morgan fingerprint density at radius 3 is 2.69 bits per heavy atom. The molecule has 0 radical (unpaired) electrons. The third-order valence-electron chi connectivity index (χ3n) is 1.85. The van der Waals surface area contributed by atoms with Crippen molar-refractivity contribution in [1.82, 2.24) is 10.2 Å². The van der Waals surface area contributed by atoms with E-state index in [0.29, 0.717) is 13.1 Å². The van der Waals surface area contributed by atoms with Crippen LogP contribution in [0.1, 0.15) is 13.8 Å². The molecule has 0 aliphatic carbocycles. The van der Waals surface area contributed by atoms with Crippen LogP contribution in [0.3, 0.4) is 0 Å². The number of carbonyl (C=O) groups excluding carboxylic acids is 1. The topological polar surface area (TPSA) is 56.1 Å². The number of hydrogen-bond acceptors (Lipinski definition) is 3. The molecule has 13 heavy (non-hydrogen) atoms. The third kappa shape index (κ3) is 5.21. The maximum atomic E-state index is 11.0. The van der Waals surface area contributed by atoms with E-state index in [1.54, 1.807) is 7.05 Å². The minimum Gasteiger partial charge on any atom is -0.358 e. The summed E-state index contributed by atoms with van der Waals surface area (Å²) in [5.74, 6) is -0.0309. The van der Waals surface area contributed by atoms with E-state index in [1.165, 1.54) is 0 Å². The van der Waals surface area contributed by atoms with Crippen LogP contribution in [-0.4, -0.2) is 37.5 Å². The Morgan fingerprint density at radius 2 is 2.31 bits per heavy atom. The minimum atomic E-state index is -0.0235. The molecule has 1 unspecified atom stereocenters. The van der Waals surface area contributed by atoms with E-state index in [4.69, 9.17) is 5.26 Å². The fourth-order valence-electron chi connectivity index (χ4n) is 1.02. The minimum absolute atomic E-state index is 0.00742. The number of hydrogen-bond donors (Lipinski definition) is 1. The predicted molar refractivity (Wildman–Crippen MR) is 51.0 cm³/mol. The van der Waals surface area contributed by atoms with Gasteiger partial charge in [-0.05, 0) is 13.5 Å². The fraction of sp³-hybridized carbons (Fsp3) is 0.778. The van der Waals surface area contributed by atoms with Crippen LogP contribution in [0.25, 0.3) is 0 Å². The van der Waals surface area contributed by atoms with Gasteiger partial charge in [-0.3, -0.25) is 9.69 Å². The maximum Gasteiger partial charge on any atom is 0.233 e. The van der Waals surface area contributed by atoms with E-state index in [2.05, 4.69) is 11.4 Å². The zero-order valence-corrected chi connectivity index (χ0v) is 8.50. The van der Waals surface area contributed by atoms with Crippen LogP contribution >= 0.6 is 0 Å². The highest BCUT2D eigenvalue weighted by atomic mass is 16.1. The molecule has 0 bridgehead atoms. The summed E-state index contributed by atoms with van der Waals surface area (Å²) in [5, 5.41) is 11.2. The highest BCUT2D eigenvalue weighted by molar-refractivity contribution is 5.77. The molecule has 1 N–H and O–H groups in total. The number of likely N-dealkylation sites (N-methyl/N-ethyl adjacent to an activating group) is 2. The summed E-state index contributed by atoms with van der Waals surface area (Å²) in [6.07, 6.45) is 0. The smallest absolute Gasteiger partial charge is 0.233 e. The van der Waals surface area contributed by atoms with Crippen molar-refractivity contribution in [3.05, 3.63) is 0 Å². The van der Waals surface area contributed by atoms with Gasteiger partial charge in [-0.25, -0.2) is 0 Å². The molecular weight excluding hydrogens is 166 g/mol. The summed E-state index contributed by atoms with van der Waals surface area (Å²) in [4.78, 5) is 13.0. The molecule has 0 rings (SSSR count). The zero-order chi connectivity index (χ0) is 10.3. The molecule has 0 fully saturated rings. The lowest BCUT2D eigenvalue weighted by Gasteiger charge is -2.19. The molecule has 0 aromatic heterocycles. The maximum absolute atomic E-state index is 11.0. The molecule has 0 saturated carbocycles. The van der Waals surface area contributed by atoms with E-state index in [9.17, 15) is 4.79 Å². The van der Waals surface area contributed by atoms with Crippen molar-refractivity contribution in [3.8, 4) is 6.07 Å². The van der Waals surface area contributed by atoms with Crippen molar-refractivity contribution < 1.29 is 4.79 Å². The summed E-state index contributed by atoms with van der Waals surface area (Å²) in [5.41, 5.74) is 0. The molecule has 0 spiro atoms. The second-order valence-electron chi connectivity index (χ2n) is 3.03. The zero-order valence-electron chi connectivity index (χ0n) is 8.50. The molecule has 0 aromatic rings. The van der Waals surface area contributed by atoms with Gasteiger partial charge in [0.25, 0.3) is 0 Å². The first kappa shape index (κ1) is 11.9. The van der Waals surface area contributed by atoms with Gasteiger partial charge in [-0.1, -0.05) is 6.92 Å². The van der Waals surface area contributed by atoms with Crippen molar-refractivity contribution in [2.45, 2.75) is 13.8 Å². The summed E-state index contributed by atoms with van der Waals surface area (Å²) in [6, 6.07) is 2.15.